The van der Waals surface area contributed by atoms with Crippen LogP contribution < -0.4 is 5.73 Å². The maximum atomic E-state index is 6.72. The highest BCUT2D eigenvalue weighted by molar-refractivity contribution is 5.35. The predicted molar refractivity (Wildman–Crippen MR) is 70.9 cm³/mol. The lowest BCUT2D eigenvalue weighted by Gasteiger charge is -2.36. The fraction of sp³-hybridized carbons (Fsp3) is 0.600. The summed E-state index contributed by atoms with van der Waals surface area (Å²) in [6.45, 7) is 2.93. The maximum Gasteiger partial charge on any atom is 0.0508 e. The molecule has 0 aliphatic heterocycles. The van der Waals surface area contributed by atoms with Gasteiger partial charge in [0.25, 0.3) is 0 Å². The third-order valence-corrected chi connectivity index (χ3v) is 4.10. The highest BCUT2D eigenvalue weighted by Crippen LogP contribution is 2.37. The van der Waals surface area contributed by atoms with Gasteiger partial charge in [0.05, 0.1) is 6.61 Å². The van der Waals surface area contributed by atoms with Gasteiger partial charge in [0.1, 0.15) is 0 Å². The SMILES string of the molecule is COCC(C)C1(N)CCCCc2ccccc21. The molecule has 0 spiro atoms. The van der Waals surface area contributed by atoms with Crippen molar-refractivity contribution in [2.45, 2.75) is 38.1 Å². The van der Waals surface area contributed by atoms with E-state index in [0.717, 1.165) is 19.4 Å². The van der Waals surface area contributed by atoms with Crippen LogP contribution in [0.15, 0.2) is 24.3 Å². The second kappa shape index (κ2) is 5.19. The Labute approximate surface area is 104 Å². The molecule has 0 fully saturated rings. The van der Waals surface area contributed by atoms with Gasteiger partial charge in [0, 0.05) is 18.6 Å². The third kappa shape index (κ3) is 2.38. The minimum Gasteiger partial charge on any atom is -0.384 e. The molecule has 2 unspecified atom stereocenters. The van der Waals surface area contributed by atoms with Crippen LogP contribution in [0.4, 0.5) is 0 Å². The highest BCUT2D eigenvalue weighted by Gasteiger charge is 2.36. The summed E-state index contributed by atoms with van der Waals surface area (Å²) in [5.74, 6) is 0.353. The number of hydrogen-bond acceptors (Lipinski definition) is 2. The number of nitrogens with two attached hydrogens (primary N) is 1. The van der Waals surface area contributed by atoms with E-state index < -0.39 is 0 Å². The Hall–Kier alpha value is -0.860. The van der Waals surface area contributed by atoms with Crippen LogP contribution in [0.1, 0.15) is 37.3 Å². The molecule has 0 radical (unpaired) electrons. The molecule has 94 valence electrons. The smallest absolute Gasteiger partial charge is 0.0508 e. The summed E-state index contributed by atoms with van der Waals surface area (Å²) in [5.41, 5.74) is 9.26. The van der Waals surface area contributed by atoms with E-state index in [1.165, 1.54) is 24.0 Å². The first-order valence-corrected chi connectivity index (χ1v) is 6.54. The Kier molecular flexibility index (Phi) is 3.85. The normalized spacial score (nSPS) is 26.1. The molecule has 1 aromatic rings. The average molecular weight is 233 g/mol. The van der Waals surface area contributed by atoms with E-state index in [2.05, 4.69) is 31.2 Å². The first kappa shape index (κ1) is 12.6. The molecule has 0 amide bonds. The Morgan fingerprint density at radius 3 is 2.88 bits per heavy atom. The molecule has 0 aromatic heterocycles. The number of rotatable bonds is 3. The van der Waals surface area contributed by atoms with Crippen molar-refractivity contribution in [2.24, 2.45) is 11.7 Å². The molecule has 0 bridgehead atoms. The van der Waals surface area contributed by atoms with Gasteiger partial charge in [0.2, 0.25) is 0 Å². The van der Waals surface area contributed by atoms with Gasteiger partial charge in [-0.05, 0) is 30.4 Å². The lowest BCUT2D eigenvalue weighted by Crippen LogP contribution is -2.45. The van der Waals surface area contributed by atoms with Crippen LogP contribution in [-0.4, -0.2) is 13.7 Å². The van der Waals surface area contributed by atoms with Crippen LogP contribution in [0, 0.1) is 5.92 Å². The van der Waals surface area contributed by atoms with Crippen molar-refractivity contribution in [1.29, 1.82) is 0 Å². The van der Waals surface area contributed by atoms with E-state index in [4.69, 9.17) is 10.5 Å². The molecule has 0 saturated carbocycles. The molecule has 2 atom stereocenters. The number of methoxy groups -OCH3 is 1. The molecule has 1 aliphatic carbocycles. The molecular formula is C15H23NO. The second-order valence-corrected chi connectivity index (χ2v) is 5.26. The summed E-state index contributed by atoms with van der Waals surface area (Å²) < 4.78 is 5.30. The van der Waals surface area contributed by atoms with Crippen molar-refractivity contribution in [3.63, 3.8) is 0 Å². The standard InChI is InChI=1S/C15H23NO/c1-12(11-17-2)15(16)10-6-5-8-13-7-3-4-9-14(13)15/h3-4,7,9,12H,5-6,8,10-11,16H2,1-2H3. The Bertz CT molecular complexity index is 377. The van der Waals surface area contributed by atoms with Gasteiger partial charge in [-0.2, -0.15) is 0 Å². The van der Waals surface area contributed by atoms with E-state index >= 15 is 0 Å². The number of hydrogen-bond donors (Lipinski definition) is 1. The van der Waals surface area contributed by atoms with Crippen LogP contribution in [0.2, 0.25) is 0 Å². The van der Waals surface area contributed by atoms with Crippen molar-refractivity contribution in [3.05, 3.63) is 35.4 Å². The van der Waals surface area contributed by atoms with E-state index in [9.17, 15) is 0 Å². The van der Waals surface area contributed by atoms with Crippen molar-refractivity contribution in [2.75, 3.05) is 13.7 Å². The molecule has 2 nitrogen and oxygen atoms in total. The first-order valence-electron chi connectivity index (χ1n) is 6.54. The Morgan fingerprint density at radius 1 is 1.35 bits per heavy atom. The summed E-state index contributed by atoms with van der Waals surface area (Å²) in [6.07, 6.45) is 4.68. The van der Waals surface area contributed by atoms with Crippen molar-refractivity contribution in [1.82, 2.24) is 0 Å². The first-order chi connectivity index (χ1) is 8.18. The minimum absolute atomic E-state index is 0.219. The van der Waals surface area contributed by atoms with Crippen molar-refractivity contribution < 1.29 is 4.74 Å². The molecule has 0 saturated heterocycles. The van der Waals surface area contributed by atoms with Crippen LogP contribution in [-0.2, 0) is 16.7 Å². The molecule has 0 heterocycles. The summed E-state index contributed by atoms with van der Waals surface area (Å²) >= 11 is 0. The van der Waals surface area contributed by atoms with E-state index in [0.29, 0.717) is 5.92 Å². The lowest BCUT2D eigenvalue weighted by atomic mass is 9.76. The van der Waals surface area contributed by atoms with E-state index in [1.54, 1.807) is 7.11 Å². The van der Waals surface area contributed by atoms with Gasteiger partial charge >= 0.3 is 0 Å². The van der Waals surface area contributed by atoms with Gasteiger partial charge < -0.3 is 10.5 Å². The maximum absolute atomic E-state index is 6.72. The van der Waals surface area contributed by atoms with Crippen molar-refractivity contribution in [3.8, 4) is 0 Å². The molecule has 2 N–H and O–H groups in total. The predicted octanol–water partition coefficient (Wildman–Crippen LogP) is 2.85. The van der Waals surface area contributed by atoms with Crippen LogP contribution in [0.25, 0.3) is 0 Å². The zero-order chi connectivity index (χ0) is 12.3. The van der Waals surface area contributed by atoms with Crippen molar-refractivity contribution >= 4 is 0 Å². The number of fused-ring (bicyclic) bond motifs is 1. The molecule has 17 heavy (non-hydrogen) atoms. The fourth-order valence-corrected chi connectivity index (χ4v) is 2.97. The molecule has 2 heteroatoms. The van der Waals surface area contributed by atoms with Gasteiger partial charge in [-0.15, -0.1) is 0 Å². The minimum atomic E-state index is -0.219. The summed E-state index contributed by atoms with van der Waals surface area (Å²) in [6, 6.07) is 8.64. The van der Waals surface area contributed by atoms with E-state index in [1.807, 2.05) is 0 Å². The van der Waals surface area contributed by atoms with E-state index in [-0.39, 0.29) is 5.54 Å². The topological polar surface area (TPSA) is 35.2 Å². The summed E-state index contributed by atoms with van der Waals surface area (Å²) in [4.78, 5) is 0. The summed E-state index contributed by atoms with van der Waals surface area (Å²) in [7, 11) is 1.75. The molecule has 1 aromatic carbocycles. The lowest BCUT2D eigenvalue weighted by molar-refractivity contribution is 0.109. The van der Waals surface area contributed by atoms with Crippen LogP contribution in [0.5, 0.6) is 0 Å². The Morgan fingerprint density at radius 2 is 2.12 bits per heavy atom. The molecule has 2 rings (SSSR count). The quantitative estimate of drug-likeness (QED) is 0.815. The van der Waals surface area contributed by atoms with Gasteiger partial charge in [-0.3, -0.25) is 0 Å². The number of ether oxygens (including phenoxy) is 1. The average Bonchev–Trinajstić information content (AvgIpc) is 2.51. The van der Waals surface area contributed by atoms with Crippen LogP contribution in [0.3, 0.4) is 0 Å². The van der Waals surface area contributed by atoms with Crippen LogP contribution >= 0.6 is 0 Å². The number of benzene rings is 1. The highest BCUT2D eigenvalue weighted by atomic mass is 16.5. The number of aryl methyl sites for hydroxylation is 1. The monoisotopic (exact) mass is 233 g/mol. The second-order valence-electron chi connectivity index (χ2n) is 5.26. The summed E-state index contributed by atoms with van der Waals surface area (Å²) in [5, 5.41) is 0. The van der Waals surface area contributed by atoms with Gasteiger partial charge in [-0.25, -0.2) is 0 Å². The third-order valence-electron chi connectivity index (χ3n) is 4.10. The molecular weight excluding hydrogens is 210 g/mol. The zero-order valence-corrected chi connectivity index (χ0v) is 10.9. The fourth-order valence-electron chi connectivity index (χ4n) is 2.97. The Balaban J connectivity index is 2.39. The largest absolute Gasteiger partial charge is 0.384 e. The van der Waals surface area contributed by atoms with Gasteiger partial charge in [-0.1, -0.05) is 37.6 Å². The zero-order valence-electron chi connectivity index (χ0n) is 10.9. The molecule has 1 aliphatic rings. The van der Waals surface area contributed by atoms with Gasteiger partial charge in [0.15, 0.2) is 0 Å².